The minimum atomic E-state index is -2.84. The lowest BCUT2D eigenvalue weighted by Gasteiger charge is -2.72. The Balaban J connectivity index is 0.972. The fourth-order valence-electron chi connectivity index (χ4n) is 16.8. The number of fused-ring (bicyclic) bond motifs is 7. The van der Waals surface area contributed by atoms with Crippen molar-refractivity contribution in [1.29, 1.82) is 0 Å². The number of carbonyl (C=O) groups excluding carboxylic acids is 2. The van der Waals surface area contributed by atoms with Gasteiger partial charge in [-0.05, 0) is 204 Å². The smallest absolute Gasteiger partial charge is 0.323 e. The second kappa shape index (κ2) is 15.6. The summed E-state index contributed by atoms with van der Waals surface area (Å²) in [5.41, 5.74) is 4.22. The zero-order chi connectivity index (χ0) is 44.2. The number of esters is 2. The summed E-state index contributed by atoms with van der Waals surface area (Å²) in [5, 5.41) is 3.99. The van der Waals surface area contributed by atoms with Crippen molar-refractivity contribution in [3.05, 3.63) is 35.5 Å². The number of nitrogens with one attached hydrogen (secondary N) is 1. The molecule has 1 unspecified atom stereocenters. The van der Waals surface area contributed by atoms with E-state index in [-0.39, 0.29) is 33.9 Å². The molecule has 0 aromatic rings. The largest absolute Gasteiger partial charge is 0.462 e. The number of hydrogen-bond acceptors (Lipinski definition) is 8. The van der Waals surface area contributed by atoms with Gasteiger partial charge in [0.25, 0.3) is 0 Å². The van der Waals surface area contributed by atoms with Crippen LogP contribution in [0.25, 0.3) is 0 Å². The molecule has 9 heteroatoms. The number of sulfone groups is 1. The van der Waals surface area contributed by atoms with Gasteiger partial charge in [-0.1, -0.05) is 58.9 Å². The fraction of sp³-hybridized carbons (Fsp3) is 0.846. The van der Waals surface area contributed by atoms with Crippen molar-refractivity contribution < 1.29 is 27.5 Å². The van der Waals surface area contributed by atoms with Crippen molar-refractivity contribution in [2.45, 2.75) is 165 Å². The zero-order valence-electron chi connectivity index (χ0n) is 39.9. The van der Waals surface area contributed by atoms with E-state index in [0.29, 0.717) is 77.9 Å². The van der Waals surface area contributed by atoms with Gasteiger partial charge in [-0.2, -0.15) is 0 Å². The molecule has 61 heavy (non-hydrogen) atoms. The lowest BCUT2D eigenvalue weighted by Crippen LogP contribution is -2.66. The summed E-state index contributed by atoms with van der Waals surface area (Å²) in [5.74, 6) is 3.07. The molecule has 0 aromatic carbocycles. The average Bonchev–Trinajstić information content (AvgIpc) is 3.51. The molecule has 7 aliphatic carbocycles. The van der Waals surface area contributed by atoms with Gasteiger partial charge < -0.3 is 19.7 Å². The number of hydrogen-bond donors (Lipinski definition) is 1. The number of nitrogens with zero attached hydrogens (tertiary/aromatic N) is 1. The molecule has 1 heterocycles. The van der Waals surface area contributed by atoms with Crippen LogP contribution in [0.1, 0.15) is 153 Å². The van der Waals surface area contributed by atoms with E-state index in [1.54, 1.807) is 0 Å². The third-order valence-electron chi connectivity index (χ3n) is 19.7. The van der Waals surface area contributed by atoms with Crippen molar-refractivity contribution in [2.24, 2.45) is 67.5 Å². The molecule has 0 amide bonds. The highest BCUT2D eigenvalue weighted by Crippen LogP contribution is 2.78. The van der Waals surface area contributed by atoms with Crippen LogP contribution in [-0.2, 0) is 28.9 Å². The van der Waals surface area contributed by atoms with Gasteiger partial charge >= 0.3 is 11.9 Å². The molecule has 1 saturated heterocycles. The summed E-state index contributed by atoms with van der Waals surface area (Å²) in [6, 6.07) is 0. The molecule has 0 aromatic heterocycles. The van der Waals surface area contributed by atoms with E-state index in [9.17, 15) is 18.0 Å². The van der Waals surface area contributed by atoms with E-state index in [2.05, 4.69) is 70.5 Å². The molecule has 8 aliphatic rings. The highest BCUT2D eigenvalue weighted by atomic mass is 32.2. The highest BCUT2D eigenvalue weighted by molar-refractivity contribution is 7.91. The summed E-state index contributed by atoms with van der Waals surface area (Å²) in [7, 11) is -2.84. The topological polar surface area (TPSA) is 102 Å². The number of allylic oxidation sites excluding steroid dienone is 5. The molecule has 1 spiro atoms. The standard InChI is InChI=1S/C52H82N2O6S/c1-34(2)38-15-20-51(33-53-23-12-24-54-25-27-61(57,58)28-26-54)22-21-48(10)40(43(38)51)13-14-42-47(9)18-16-39(46(7,8)41(47)17-19-49(42,48)11)37-29-50(30-37)31-52(32-50,44(55)59-35(3)4)45(56)60-36(5)6/h16,29,35-36,38,40-43,53H,1,12-15,17-28,30-33H2,2-11H3/t38-,40?,41-,42+,43+,47-,48+,49+,51+/m0/s1. The quantitative estimate of drug-likeness (QED) is 0.0896. The summed E-state index contributed by atoms with van der Waals surface area (Å²) in [6.07, 6.45) is 19.0. The lowest BCUT2D eigenvalue weighted by atomic mass is 9.32. The maximum atomic E-state index is 13.4. The van der Waals surface area contributed by atoms with Gasteiger partial charge in [0, 0.05) is 19.6 Å². The van der Waals surface area contributed by atoms with Gasteiger partial charge in [-0.3, -0.25) is 9.59 Å². The Morgan fingerprint density at radius 3 is 2.11 bits per heavy atom. The monoisotopic (exact) mass is 863 g/mol. The van der Waals surface area contributed by atoms with Crippen molar-refractivity contribution in [1.82, 2.24) is 10.2 Å². The van der Waals surface area contributed by atoms with Gasteiger partial charge in [-0.25, -0.2) is 8.42 Å². The zero-order valence-corrected chi connectivity index (χ0v) is 40.7. The van der Waals surface area contributed by atoms with Crippen LogP contribution in [0.5, 0.6) is 0 Å². The average molecular weight is 863 g/mol. The normalized spacial score (nSPS) is 40.3. The molecule has 5 saturated carbocycles. The Labute approximate surface area is 370 Å². The van der Waals surface area contributed by atoms with E-state index in [1.165, 1.54) is 68.1 Å². The molecule has 8 rings (SSSR count). The molecule has 342 valence electrons. The molecule has 1 aliphatic heterocycles. The molecule has 0 radical (unpaired) electrons. The predicted molar refractivity (Wildman–Crippen MR) is 244 cm³/mol. The lowest BCUT2D eigenvalue weighted by molar-refractivity contribution is -0.226. The van der Waals surface area contributed by atoms with Gasteiger partial charge in [0.2, 0.25) is 0 Å². The van der Waals surface area contributed by atoms with Crippen molar-refractivity contribution in [3.63, 3.8) is 0 Å². The Morgan fingerprint density at radius 2 is 1.51 bits per heavy atom. The minimum Gasteiger partial charge on any atom is -0.462 e. The van der Waals surface area contributed by atoms with Gasteiger partial charge in [0.1, 0.15) is 0 Å². The van der Waals surface area contributed by atoms with E-state index in [0.717, 1.165) is 38.9 Å². The summed E-state index contributed by atoms with van der Waals surface area (Å²) in [4.78, 5) is 29.1. The molecule has 9 atom stereocenters. The third kappa shape index (κ3) is 7.29. The number of rotatable bonds is 12. The Bertz CT molecular complexity index is 1900. The molecular weight excluding hydrogens is 781 g/mol. The third-order valence-corrected chi connectivity index (χ3v) is 21.3. The van der Waals surface area contributed by atoms with Crippen LogP contribution in [-0.4, -0.2) is 81.7 Å². The van der Waals surface area contributed by atoms with Crippen LogP contribution >= 0.6 is 0 Å². The first-order chi connectivity index (χ1) is 28.5. The SMILES string of the molecule is C=C(C)[C@@H]1CC[C@]2(CNCCCN3CCS(=O)(=O)CC3)CC[C@]3(C)C(CC[C@@H]4[C@@]5(C)CC=C(C6=CC7(C6)CC(C(=O)OC(C)C)(C(=O)OC(C)C)C7)C(C)(C)[C@@H]5CC[C@]43C)[C@@H]12. The van der Waals surface area contributed by atoms with Gasteiger partial charge in [-0.15, -0.1) is 0 Å². The minimum absolute atomic E-state index is 0.0447. The molecule has 6 fully saturated rings. The van der Waals surface area contributed by atoms with Crippen LogP contribution in [0.4, 0.5) is 0 Å². The molecular formula is C52H82N2O6S. The summed E-state index contributed by atoms with van der Waals surface area (Å²) < 4.78 is 35.2. The predicted octanol–water partition coefficient (Wildman–Crippen LogP) is 9.89. The first-order valence-corrected chi connectivity index (χ1v) is 26.4. The number of ether oxygens (including phenoxy) is 2. The van der Waals surface area contributed by atoms with Gasteiger partial charge in [0.15, 0.2) is 15.3 Å². The summed E-state index contributed by atoms with van der Waals surface area (Å²) >= 11 is 0. The Morgan fingerprint density at radius 1 is 0.869 bits per heavy atom. The maximum Gasteiger partial charge on any atom is 0.323 e. The van der Waals surface area contributed by atoms with Crippen molar-refractivity contribution >= 4 is 21.8 Å². The first kappa shape index (κ1) is 45.6. The van der Waals surface area contributed by atoms with Crippen molar-refractivity contribution in [3.8, 4) is 0 Å². The second-order valence-corrected chi connectivity index (χ2v) is 26.5. The number of carbonyl (C=O) groups is 2. The van der Waals surface area contributed by atoms with Crippen LogP contribution in [0.2, 0.25) is 0 Å². The Hall–Kier alpha value is -1.97. The maximum absolute atomic E-state index is 13.4. The molecule has 8 nitrogen and oxygen atoms in total. The first-order valence-electron chi connectivity index (χ1n) is 24.6. The van der Waals surface area contributed by atoms with E-state index < -0.39 is 27.2 Å². The van der Waals surface area contributed by atoms with E-state index in [4.69, 9.17) is 9.47 Å². The van der Waals surface area contributed by atoms with Crippen LogP contribution in [0.3, 0.4) is 0 Å². The summed E-state index contributed by atoms with van der Waals surface area (Å²) in [6.45, 7) is 32.0. The highest BCUT2D eigenvalue weighted by Gasteiger charge is 2.71. The van der Waals surface area contributed by atoms with Crippen molar-refractivity contribution in [2.75, 3.05) is 44.2 Å². The fourth-order valence-corrected chi connectivity index (χ4v) is 18.1. The second-order valence-electron chi connectivity index (χ2n) is 24.2. The van der Waals surface area contributed by atoms with Crippen LogP contribution in [0.15, 0.2) is 35.5 Å². The van der Waals surface area contributed by atoms with Crippen LogP contribution < -0.4 is 5.32 Å². The van der Waals surface area contributed by atoms with Gasteiger partial charge in [0.05, 0.1) is 23.7 Å². The molecule has 0 bridgehead atoms. The molecule has 1 N–H and O–H groups in total. The van der Waals surface area contributed by atoms with Crippen LogP contribution in [0, 0.1) is 67.5 Å². The Kier molecular flexibility index (Phi) is 11.7. The van der Waals surface area contributed by atoms with E-state index in [1.807, 2.05) is 27.7 Å². The van der Waals surface area contributed by atoms with E-state index >= 15 is 0 Å².